The van der Waals surface area contributed by atoms with Crippen LogP contribution in [-0.2, 0) is 6.61 Å². The lowest BCUT2D eigenvalue weighted by molar-refractivity contribution is 0.304. The highest BCUT2D eigenvalue weighted by atomic mass is 16.5. The van der Waals surface area contributed by atoms with Crippen molar-refractivity contribution in [3.8, 4) is 5.75 Å². The van der Waals surface area contributed by atoms with Crippen molar-refractivity contribution < 1.29 is 9.84 Å². The lowest BCUT2D eigenvalue weighted by atomic mass is 10.0. The molecule has 2 aliphatic rings. The zero-order valence-corrected chi connectivity index (χ0v) is 9.76. The topological polar surface area (TPSA) is 29.5 Å². The Morgan fingerprint density at radius 1 is 0.889 bits per heavy atom. The van der Waals surface area contributed by atoms with E-state index in [0.717, 1.165) is 33.6 Å². The molecule has 0 aromatic heterocycles. The molecule has 88 valence electrons. The molecule has 2 nitrogen and oxygen atoms in total. The summed E-state index contributed by atoms with van der Waals surface area (Å²) in [5.41, 5.74) is 5.35. The minimum Gasteiger partial charge on any atom is -0.488 e. The van der Waals surface area contributed by atoms with Crippen molar-refractivity contribution in [3.05, 3.63) is 65.2 Å². The molecule has 2 aromatic rings. The SMILES string of the molecule is OC1C2=C1c1ccccc1OCc1ccccc12. The molecule has 1 atom stereocenters. The monoisotopic (exact) mass is 236 g/mol. The van der Waals surface area contributed by atoms with Gasteiger partial charge in [-0.1, -0.05) is 42.5 Å². The fourth-order valence-electron chi connectivity index (χ4n) is 2.67. The summed E-state index contributed by atoms with van der Waals surface area (Å²) in [7, 11) is 0. The van der Waals surface area contributed by atoms with E-state index in [0.29, 0.717) is 6.61 Å². The highest BCUT2D eigenvalue weighted by Gasteiger charge is 2.40. The Balaban J connectivity index is 1.97. The predicted molar refractivity (Wildman–Crippen MR) is 70.0 cm³/mol. The molecule has 4 rings (SSSR count). The lowest BCUT2D eigenvalue weighted by Gasteiger charge is -2.13. The number of ether oxygens (including phenoxy) is 1. The van der Waals surface area contributed by atoms with Crippen LogP contribution in [0.2, 0.25) is 0 Å². The summed E-state index contributed by atoms with van der Waals surface area (Å²) < 4.78 is 5.86. The van der Waals surface area contributed by atoms with Crippen molar-refractivity contribution in [2.75, 3.05) is 0 Å². The fourth-order valence-corrected chi connectivity index (χ4v) is 2.67. The summed E-state index contributed by atoms with van der Waals surface area (Å²) in [6.45, 7) is 0.552. The first-order valence-corrected chi connectivity index (χ1v) is 6.09. The Morgan fingerprint density at radius 3 is 2.44 bits per heavy atom. The maximum Gasteiger partial charge on any atom is 0.127 e. The summed E-state index contributed by atoms with van der Waals surface area (Å²) in [5.74, 6) is 0.857. The molecule has 0 saturated carbocycles. The summed E-state index contributed by atoms with van der Waals surface area (Å²) in [4.78, 5) is 0. The Kier molecular flexibility index (Phi) is 1.91. The zero-order valence-electron chi connectivity index (χ0n) is 9.76. The molecule has 2 heteroatoms. The second kappa shape index (κ2) is 3.47. The Labute approximate surface area is 105 Å². The maximum absolute atomic E-state index is 10.1. The molecule has 0 radical (unpaired) electrons. The van der Waals surface area contributed by atoms with Crippen molar-refractivity contribution in [2.45, 2.75) is 12.7 Å². The first-order chi connectivity index (χ1) is 8.86. The van der Waals surface area contributed by atoms with Gasteiger partial charge in [-0.05, 0) is 22.8 Å². The highest BCUT2D eigenvalue weighted by Crippen LogP contribution is 2.51. The first kappa shape index (κ1) is 9.92. The lowest BCUT2D eigenvalue weighted by Crippen LogP contribution is -2.00. The van der Waals surface area contributed by atoms with Gasteiger partial charge in [-0.25, -0.2) is 0 Å². The maximum atomic E-state index is 10.1. The summed E-state index contributed by atoms with van der Waals surface area (Å²) in [6.07, 6.45) is -0.436. The number of aliphatic hydroxyl groups excluding tert-OH is 1. The third kappa shape index (κ3) is 1.27. The van der Waals surface area contributed by atoms with Gasteiger partial charge in [0.2, 0.25) is 0 Å². The molecular formula is C16H12O2. The molecule has 0 spiro atoms. The van der Waals surface area contributed by atoms with E-state index in [1.807, 2.05) is 36.4 Å². The predicted octanol–water partition coefficient (Wildman–Crippen LogP) is 2.86. The van der Waals surface area contributed by atoms with Crippen LogP contribution in [0.25, 0.3) is 11.1 Å². The Bertz CT molecular complexity index is 613. The molecule has 0 amide bonds. The number of rotatable bonds is 0. The van der Waals surface area contributed by atoms with E-state index in [1.165, 1.54) is 0 Å². The molecule has 1 N–H and O–H groups in total. The van der Waals surface area contributed by atoms with Crippen LogP contribution in [0.1, 0.15) is 16.7 Å². The number of para-hydroxylation sites is 1. The van der Waals surface area contributed by atoms with Crippen LogP contribution in [0.15, 0.2) is 48.5 Å². The molecular weight excluding hydrogens is 224 g/mol. The van der Waals surface area contributed by atoms with Gasteiger partial charge >= 0.3 is 0 Å². The normalized spacial score (nSPS) is 19.9. The third-order valence-electron chi connectivity index (χ3n) is 3.62. The average molecular weight is 236 g/mol. The minimum absolute atomic E-state index is 0.436. The van der Waals surface area contributed by atoms with Crippen LogP contribution in [0.4, 0.5) is 0 Å². The molecule has 1 unspecified atom stereocenters. The molecule has 0 saturated heterocycles. The quantitative estimate of drug-likeness (QED) is 0.762. The van der Waals surface area contributed by atoms with Gasteiger partial charge in [-0.2, -0.15) is 0 Å². The van der Waals surface area contributed by atoms with Gasteiger partial charge in [-0.3, -0.25) is 0 Å². The highest BCUT2D eigenvalue weighted by molar-refractivity contribution is 6.14. The van der Waals surface area contributed by atoms with Crippen LogP contribution in [0.3, 0.4) is 0 Å². The van der Waals surface area contributed by atoms with Gasteiger partial charge in [0.15, 0.2) is 0 Å². The van der Waals surface area contributed by atoms with Crippen molar-refractivity contribution >= 4 is 11.1 Å². The van der Waals surface area contributed by atoms with Crippen LogP contribution in [-0.4, -0.2) is 11.2 Å². The largest absolute Gasteiger partial charge is 0.488 e. The van der Waals surface area contributed by atoms with Crippen LogP contribution in [0, 0.1) is 0 Å². The van der Waals surface area contributed by atoms with Gasteiger partial charge in [0.25, 0.3) is 0 Å². The zero-order chi connectivity index (χ0) is 12.1. The second-order valence-corrected chi connectivity index (χ2v) is 4.67. The molecule has 1 aliphatic carbocycles. The van der Waals surface area contributed by atoms with Gasteiger partial charge in [0.05, 0.1) is 0 Å². The summed E-state index contributed by atoms with van der Waals surface area (Å²) in [5, 5.41) is 10.1. The van der Waals surface area contributed by atoms with E-state index in [1.54, 1.807) is 0 Å². The number of hydrogen-bond donors (Lipinski definition) is 1. The van der Waals surface area contributed by atoms with Crippen molar-refractivity contribution in [1.29, 1.82) is 0 Å². The fraction of sp³-hybridized carbons (Fsp3) is 0.125. The van der Waals surface area contributed by atoms with Crippen molar-refractivity contribution in [3.63, 3.8) is 0 Å². The molecule has 1 aliphatic heterocycles. The number of fused-ring (bicyclic) bond motifs is 4. The van der Waals surface area contributed by atoms with E-state index in [4.69, 9.17) is 4.74 Å². The molecule has 18 heavy (non-hydrogen) atoms. The summed E-state index contributed by atoms with van der Waals surface area (Å²) in [6, 6.07) is 16.0. The number of aliphatic hydroxyl groups is 1. The van der Waals surface area contributed by atoms with Crippen LogP contribution in [0.5, 0.6) is 5.75 Å². The second-order valence-electron chi connectivity index (χ2n) is 4.67. The van der Waals surface area contributed by atoms with E-state index in [9.17, 15) is 5.11 Å². The van der Waals surface area contributed by atoms with Gasteiger partial charge in [-0.15, -0.1) is 0 Å². The van der Waals surface area contributed by atoms with E-state index >= 15 is 0 Å². The Morgan fingerprint density at radius 2 is 1.56 bits per heavy atom. The molecule has 0 bridgehead atoms. The summed E-state index contributed by atoms with van der Waals surface area (Å²) >= 11 is 0. The smallest absolute Gasteiger partial charge is 0.127 e. The van der Waals surface area contributed by atoms with Gasteiger partial charge in [0.1, 0.15) is 18.5 Å². The molecule has 2 aromatic carbocycles. The third-order valence-corrected chi connectivity index (χ3v) is 3.62. The number of hydrogen-bond acceptors (Lipinski definition) is 2. The molecule has 1 heterocycles. The van der Waals surface area contributed by atoms with Crippen molar-refractivity contribution in [1.82, 2.24) is 0 Å². The van der Waals surface area contributed by atoms with E-state index in [-0.39, 0.29) is 0 Å². The van der Waals surface area contributed by atoms with Crippen LogP contribution >= 0.6 is 0 Å². The molecule has 0 fully saturated rings. The van der Waals surface area contributed by atoms with E-state index in [2.05, 4.69) is 12.1 Å². The van der Waals surface area contributed by atoms with Crippen LogP contribution < -0.4 is 4.74 Å². The standard InChI is InChI=1S/C16H12O2/c17-16-14-11-6-2-1-5-10(11)9-18-13-8-4-3-7-12(13)15(14)16/h1-8,16-17H,9H2. The first-order valence-electron chi connectivity index (χ1n) is 6.09. The Hall–Kier alpha value is -2.06. The minimum atomic E-state index is -0.436. The number of benzene rings is 2. The van der Waals surface area contributed by atoms with Gasteiger partial charge in [0, 0.05) is 11.1 Å². The average Bonchev–Trinajstić information content (AvgIpc) is 3.05. The van der Waals surface area contributed by atoms with E-state index < -0.39 is 6.10 Å². The van der Waals surface area contributed by atoms with Gasteiger partial charge < -0.3 is 9.84 Å². The van der Waals surface area contributed by atoms with Crippen molar-refractivity contribution in [2.24, 2.45) is 0 Å².